The topological polar surface area (TPSA) is 47.6 Å². The lowest BCUT2D eigenvalue weighted by molar-refractivity contribution is -0.0494. The van der Waals surface area contributed by atoms with Gasteiger partial charge < -0.3 is 14.8 Å². The van der Waals surface area contributed by atoms with Crippen LogP contribution in [-0.4, -0.2) is 19.6 Å². The van der Waals surface area contributed by atoms with E-state index >= 15 is 0 Å². The first-order valence-corrected chi connectivity index (χ1v) is 8.36. The van der Waals surface area contributed by atoms with E-state index in [4.69, 9.17) is 4.74 Å². The van der Waals surface area contributed by atoms with Crippen molar-refractivity contribution in [2.75, 3.05) is 12.4 Å². The Balaban J connectivity index is 1.94. The molecule has 3 aromatic carbocycles. The van der Waals surface area contributed by atoms with Gasteiger partial charge in [-0.3, -0.25) is 4.79 Å². The molecule has 1 N–H and O–H groups in total. The summed E-state index contributed by atoms with van der Waals surface area (Å²) in [4.78, 5) is 12.3. The zero-order valence-corrected chi connectivity index (χ0v) is 15.1. The number of anilines is 1. The highest BCUT2D eigenvalue weighted by Crippen LogP contribution is 2.34. The molecule has 29 heavy (non-hydrogen) atoms. The number of hydrogen-bond acceptors (Lipinski definition) is 3. The van der Waals surface area contributed by atoms with Gasteiger partial charge >= 0.3 is 6.61 Å². The maximum Gasteiger partial charge on any atom is 0.387 e. The van der Waals surface area contributed by atoms with E-state index in [1.54, 1.807) is 24.3 Å². The average Bonchev–Trinajstić information content (AvgIpc) is 2.68. The lowest BCUT2D eigenvalue weighted by Gasteiger charge is -2.14. The fourth-order valence-corrected chi connectivity index (χ4v) is 2.69. The van der Waals surface area contributed by atoms with E-state index in [9.17, 15) is 22.4 Å². The zero-order valence-electron chi connectivity index (χ0n) is 15.1. The van der Waals surface area contributed by atoms with Gasteiger partial charge in [0.1, 0.15) is 23.1 Å². The monoisotopic (exact) mass is 405 g/mol. The highest BCUT2D eigenvalue weighted by Gasteiger charge is 2.15. The molecule has 0 aliphatic heterocycles. The molecule has 0 aliphatic carbocycles. The predicted octanol–water partition coefficient (Wildman–Crippen LogP) is 5.49. The fraction of sp³-hybridized carbons (Fsp3) is 0.0952. The Labute approximate surface area is 163 Å². The Hall–Kier alpha value is -3.55. The largest absolute Gasteiger partial charge is 0.497 e. The highest BCUT2D eigenvalue weighted by molar-refractivity contribution is 6.04. The van der Waals surface area contributed by atoms with Crippen LogP contribution < -0.4 is 14.8 Å². The van der Waals surface area contributed by atoms with Gasteiger partial charge in [0.25, 0.3) is 5.91 Å². The molecule has 0 bridgehead atoms. The second-order valence-electron chi connectivity index (χ2n) is 5.93. The van der Waals surface area contributed by atoms with E-state index < -0.39 is 24.2 Å². The van der Waals surface area contributed by atoms with Crippen LogP contribution >= 0.6 is 0 Å². The smallest absolute Gasteiger partial charge is 0.387 e. The lowest BCUT2D eigenvalue weighted by atomic mass is 10.0. The Morgan fingerprint density at radius 1 is 0.931 bits per heavy atom. The van der Waals surface area contributed by atoms with Crippen molar-refractivity contribution in [3.63, 3.8) is 0 Å². The van der Waals surface area contributed by atoms with Crippen LogP contribution in [0.25, 0.3) is 11.1 Å². The molecule has 3 rings (SSSR count). The van der Waals surface area contributed by atoms with Crippen LogP contribution in [0.5, 0.6) is 11.5 Å². The predicted molar refractivity (Wildman–Crippen MR) is 99.4 cm³/mol. The zero-order chi connectivity index (χ0) is 21.0. The van der Waals surface area contributed by atoms with Crippen LogP contribution in [0.2, 0.25) is 0 Å². The molecule has 0 aromatic heterocycles. The number of halogens is 4. The van der Waals surface area contributed by atoms with Crippen molar-refractivity contribution in [1.82, 2.24) is 0 Å². The first-order chi connectivity index (χ1) is 13.9. The summed E-state index contributed by atoms with van der Waals surface area (Å²) in [5.74, 6) is -2.07. The molecule has 0 radical (unpaired) electrons. The lowest BCUT2D eigenvalue weighted by Crippen LogP contribution is -2.13. The maximum absolute atomic E-state index is 13.3. The summed E-state index contributed by atoms with van der Waals surface area (Å²) >= 11 is 0. The minimum Gasteiger partial charge on any atom is -0.497 e. The molecule has 0 saturated heterocycles. The Morgan fingerprint density at radius 3 is 2.17 bits per heavy atom. The fourth-order valence-electron chi connectivity index (χ4n) is 2.69. The number of carbonyl (C=O) groups excluding carboxylic acids is 1. The van der Waals surface area contributed by atoms with E-state index in [1.165, 1.54) is 25.3 Å². The molecule has 0 aliphatic rings. The van der Waals surface area contributed by atoms with Crippen molar-refractivity contribution in [3.05, 3.63) is 77.9 Å². The molecule has 0 unspecified atom stereocenters. The third kappa shape index (κ3) is 5.04. The molecule has 0 atom stereocenters. The van der Waals surface area contributed by atoms with Gasteiger partial charge in [-0.25, -0.2) is 8.78 Å². The number of benzene rings is 3. The minimum atomic E-state index is -3.04. The molecule has 0 heterocycles. The Morgan fingerprint density at radius 2 is 1.59 bits per heavy atom. The Kier molecular flexibility index (Phi) is 6.01. The number of ether oxygens (including phenoxy) is 2. The number of nitrogens with one attached hydrogen (secondary N) is 1. The second kappa shape index (κ2) is 8.64. The van der Waals surface area contributed by atoms with Crippen molar-refractivity contribution in [2.45, 2.75) is 6.61 Å². The van der Waals surface area contributed by atoms with Gasteiger partial charge in [-0.2, -0.15) is 8.78 Å². The number of amides is 1. The van der Waals surface area contributed by atoms with E-state index in [1.807, 2.05) is 0 Å². The first-order valence-electron chi connectivity index (χ1n) is 8.36. The summed E-state index contributed by atoms with van der Waals surface area (Å²) in [5, 5.41) is 2.49. The minimum absolute atomic E-state index is 0.0973. The van der Waals surface area contributed by atoms with Gasteiger partial charge in [0.05, 0.1) is 7.11 Å². The van der Waals surface area contributed by atoms with E-state index in [0.29, 0.717) is 17.4 Å². The molecule has 0 fully saturated rings. The third-order valence-electron chi connectivity index (χ3n) is 3.98. The van der Waals surface area contributed by atoms with Crippen LogP contribution in [0.4, 0.5) is 23.2 Å². The number of hydrogen-bond donors (Lipinski definition) is 1. The molecular formula is C21H15F4NO3. The number of methoxy groups -OCH3 is 1. The van der Waals surface area contributed by atoms with Crippen LogP contribution in [0, 0.1) is 11.6 Å². The molecule has 0 saturated carbocycles. The van der Waals surface area contributed by atoms with Crippen LogP contribution in [0.1, 0.15) is 10.4 Å². The summed E-state index contributed by atoms with van der Waals surface area (Å²) in [6, 6.07) is 13.0. The summed E-state index contributed by atoms with van der Waals surface area (Å²) in [5.41, 5.74) is 0.832. The molecule has 8 heteroatoms. The van der Waals surface area contributed by atoms with Crippen molar-refractivity contribution in [1.29, 1.82) is 0 Å². The van der Waals surface area contributed by atoms with Gasteiger partial charge in [0.15, 0.2) is 0 Å². The molecule has 3 aromatic rings. The van der Waals surface area contributed by atoms with Crippen molar-refractivity contribution in [2.24, 2.45) is 0 Å². The second-order valence-corrected chi connectivity index (χ2v) is 5.93. The summed E-state index contributed by atoms with van der Waals surface area (Å²) in [7, 11) is 1.49. The van der Waals surface area contributed by atoms with Gasteiger partial charge in [-0.05, 0) is 48.0 Å². The van der Waals surface area contributed by atoms with Gasteiger partial charge in [-0.1, -0.05) is 12.1 Å². The van der Waals surface area contributed by atoms with Gasteiger partial charge in [-0.15, -0.1) is 0 Å². The SMILES string of the molecule is COc1ccc(-c2cc(NC(=O)c3cc(F)cc(F)c3)ccc2OC(F)F)cc1. The molecule has 1 amide bonds. The molecule has 0 spiro atoms. The van der Waals surface area contributed by atoms with E-state index in [0.717, 1.165) is 12.1 Å². The van der Waals surface area contributed by atoms with E-state index in [2.05, 4.69) is 10.1 Å². The summed E-state index contributed by atoms with van der Waals surface area (Å²) in [6.07, 6.45) is 0. The van der Waals surface area contributed by atoms with Crippen LogP contribution in [-0.2, 0) is 0 Å². The number of carbonyl (C=O) groups is 1. The van der Waals surface area contributed by atoms with Gasteiger partial charge in [0, 0.05) is 22.9 Å². The normalized spacial score (nSPS) is 10.7. The maximum atomic E-state index is 13.3. The quantitative estimate of drug-likeness (QED) is 0.552. The first kappa shape index (κ1) is 20.2. The van der Waals surface area contributed by atoms with E-state index in [-0.39, 0.29) is 22.6 Å². The number of rotatable bonds is 6. The van der Waals surface area contributed by atoms with Crippen molar-refractivity contribution < 1.29 is 31.8 Å². The van der Waals surface area contributed by atoms with Crippen LogP contribution in [0.15, 0.2) is 60.7 Å². The highest BCUT2D eigenvalue weighted by atomic mass is 19.3. The molecule has 150 valence electrons. The molecular weight excluding hydrogens is 390 g/mol. The number of alkyl halides is 2. The average molecular weight is 405 g/mol. The van der Waals surface area contributed by atoms with Crippen molar-refractivity contribution in [3.8, 4) is 22.6 Å². The summed E-state index contributed by atoms with van der Waals surface area (Å²) < 4.78 is 61.8. The summed E-state index contributed by atoms with van der Waals surface area (Å²) in [6.45, 7) is -3.04. The van der Waals surface area contributed by atoms with Crippen molar-refractivity contribution >= 4 is 11.6 Å². The molecule has 4 nitrogen and oxygen atoms in total. The third-order valence-corrected chi connectivity index (χ3v) is 3.98. The van der Waals surface area contributed by atoms with Gasteiger partial charge in [0.2, 0.25) is 0 Å². The Bertz CT molecular complexity index is 1000. The standard InChI is InChI=1S/C21H15F4NO3/c1-28-17-5-2-12(3-6-17)18-11-16(4-7-19(18)29-21(24)25)26-20(27)13-8-14(22)10-15(23)9-13/h2-11,21H,1H3,(H,26,27). The van der Waals surface area contributed by atoms with Crippen LogP contribution in [0.3, 0.4) is 0 Å².